The van der Waals surface area contributed by atoms with Crippen molar-refractivity contribution in [2.45, 2.75) is 39.0 Å². The van der Waals surface area contributed by atoms with Gasteiger partial charge in [-0.3, -0.25) is 9.78 Å². The summed E-state index contributed by atoms with van der Waals surface area (Å²) in [6.07, 6.45) is 2.77. The van der Waals surface area contributed by atoms with Gasteiger partial charge in [-0.1, -0.05) is 6.92 Å². The van der Waals surface area contributed by atoms with Gasteiger partial charge in [0, 0.05) is 34.3 Å². The van der Waals surface area contributed by atoms with Crippen LogP contribution in [0.2, 0.25) is 0 Å². The second-order valence-electron chi connectivity index (χ2n) is 7.94. The number of alkyl halides is 1. The summed E-state index contributed by atoms with van der Waals surface area (Å²) in [5, 5.41) is 14.7. The fourth-order valence-electron chi connectivity index (χ4n) is 3.81. The van der Waals surface area contributed by atoms with E-state index in [1.807, 2.05) is 32.0 Å². The number of aliphatic hydroxyl groups is 1. The molecule has 0 aliphatic heterocycles. The molecule has 31 heavy (non-hydrogen) atoms. The number of carbonyl (C=O) groups excluding carboxylic acids is 1. The van der Waals surface area contributed by atoms with E-state index in [0.717, 1.165) is 37.7 Å². The number of nitrogens with zero attached hydrogens (tertiary/aromatic N) is 3. The largest absolute Gasteiger partial charge is 0.387 e. The third-order valence-corrected chi connectivity index (χ3v) is 6.61. The van der Waals surface area contributed by atoms with Crippen molar-refractivity contribution < 1.29 is 14.3 Å². The first-order valence-electron chi connectivity index (χ1n) is 10.2. The molecule has 1 aromatic carbocycles. The lowest BCUT2D eigenvalue weighted by atomic mass is 9.97. The molecule has 5 rings (SSSR count). The molecule has 0 unspecified atom stereocenters. The number of benzene rings is 1. The highest BCUT2D eigenvalue weighted by Gasteiger charge is 2.43. The number of hydrogen-bond acceptors (Lipinski definition) is 6. The maximum absolute atomic E-state index is 13.2. The lowest BCUT2D eigenvalue weighted by molar-refractivity contribution is -0.117. The van der Waals surface area contributed by atoms with Crippen LogP contribution in [0.1, 0.15) is 37.1 Å². The van der Waals surface area contributed by atoms with Crippen molar-refractivity contribution in [2.24, 2.45) is 5.92 Å². The summed E-state index contributed by atoms with van der Waals surface area (Å²) in [6.45, 7) is 3.92. The van der Waals surface area contributed by atoms with E-state index in [9.17, 15) is 14.3 Å². The standard InChI is InChI=1S/C23H21FN4O2S/c1-3-19(29)18-4-11(2)16(9-25-18)14-5-12-8-26-20(28-23(30)15-6-17(15)24)7-13(12)22-21(14)27-10-31-22/h4-5,7-10,15,17,19,29H,3,6H2,1-2H3,(H,26,28,30)/t15-,17+,19-/m0/s1. The molecule has 1 saturated carbocycles. The van der Waals surface area contributed by atoms with E-state index < -0.39 is 18.2 Å². The number of aliphatic hydroxyl groups excluding tert-OH is 1. The zero-order valence-corrected chi connectivity index (χ0v) is 17.9. The maximum atomic E-state index is 13.2. The normalized spacial score (nSPS) is 19.0. The SMILES string of the molecule is CC[C@H](O)c1cc(C)c(-c2cc3cnc(NC(=O)[C@H]4C[C@H]4F)cc3c3scnc23)cn1. The predicted octanol–water partition coefficient (Wildman–Crippen LogP) is 4.95. The molecular formula is C23H21FN4O2S. The van der Waals surface area contributed by atoms with Crippen LogP contribution in [-0.2, 0) is 4.79 Å². The van der Waals surface area contributed by atoms with Crippen molar-refractivity contribution in [1.82, 2.24) is 15.0 Å². The number of rotatable bonds is 5. The van der Waals surface area contributed by atoms with Gasteiger partial charge >= 0.3 is 0 Å². The van der Waals surface area contributed by atoms with Crippen molar-refractivity contribution in [3.63, 3.8) is 0 Å². The fourth-order valence-corrected chi connectivity index (χ4v) is 4.65. The molecule has 6 nitrogen and oxygen atoms in total. The van der Waals surface area contributed by atoms with Crippen molar-refractivity contribution in [1.29, 1.82) is 0 Å². The molecule has 3 heterocycles. The second kappa shape index (κ2) is 7.62. The van der Waals surface area contributed by atoms with Gasteiger partial charge < -0.3 is 10.4 Å². The zero-order valence-electron chi connectivity index (χ0n) is 17.1. The summed E-state index contributed by atoms with van der Waals surface area (Å²) in [5.74, 6) is -0.477. The van der Waals surface area contributed by atoms with Crippen LogP contribution in [0.4, 0.5) is 10.2 Å². The Labute approximate surface area is 182 Å². The second-order valence-corrected chi connectivity index (χ2v) is 8.80. The molecule has 1 aliphatic carbocycles. The molecule has 4 aromatic rings. The Morgan fingerprint density at radius 2 is 2.06 bits per heavy atom. The van der Waals surface area contributed by atoms with Crippen LogP contribution in [0.5, 0.6) is 0 Å². The number of thiazole rings is 1. The number of fused-ring (bicyclic) bond motifs is 3. The van der Waals surface area contributed by atoms with Crippen LogP contribution >= 0.6 is 11.3 Å². The van der Waals surface area contributed by atoms with Crippen LogP contribution in [-0.4, -0.2) is 32.1 Å². The Morgan fingerprint density at radius 1 is 1.26 bits per heavy atom. The van der Waals surface area contributed by atoms with Crippen LogP contribution in [0.25, 0.3) is 32.1 Å². The Balaban J connectivity index is 1.58. The molecule has 1 amide bonds. The molecule has 2 N–H and O–H groups in total. The van der Waals surface area contributed by atoms with Gasteiger partial charge in [0.1, 0.15) is 12.0 Å². The lowest BCUT2D eigenvalue weighted by Gasteiger charge is -2.13. The smallest absolute Gasteiger partial charge is 0.231 e. The lowest BCUT2D eigenvalue weighted by Crippen LogP contribution is -2.15. The molecule has 0 bridgehead atoms. The van der Waals surface area contributed by atoms with Crippen LogP contribution in [0.3, 0.4) is 0 Å². The van der Waals surface area contributed by atoms with E-state index in [1.54, 1.807) is 17.9 Å². The molecule has 1 fully saturated rings. The van der Waals surface area contributed by atoms with Crippen molar-refractivity contribution in [3.8, 4) is 11.1 Å². The minimum atomic E-state index is -1.04. The number of halogens is 1. The molecule has 0 radical (unpaired) electrons. The third-order valence-electron chi connectivity index (χ3n) is 5.75. The summed E-state index contributed by atoms with van der Waals surface area (Å²) >= 11 is 1.52. The van der Waals surface area contributed by atoms with E-state index >= 15 is 0 Å². The highest BCUT2D eigenvalue weighted by molar-refractivity contribution is 7.17. The number of nitrogens with one attached hydrogen (secondary N) is 1. The van der Waals surface area contributed by atoms with E-state index in [2.05, 4.69) is 20.3 Å². The van der Waals surface area contributed by atoms with Gasteiger partial charge in [0.2, 0.25) is 5.91 Å². The molecule has 8 heteroatoms. The van der Waals surface area contributed by atoms with E-state index in [1.165, 1.54) is 11.3 Å². The summed E-state index contributed by atoms with van der Waals surface area (Å²) in [5.41, 5.74) is 6.21. The Bertz CT molecular complexity index is 1320. The third kappa shape index (κ3) is 3.55. The van der Waals surface area contributed by atoms with Gasteiger partial charge in [-0.05, 0) is 43.5 Å². The molecule has 0 spiro atoms. The number of amides is 1. The van der Waals surface area contributed by atoms with Gasteiger partial charge in [-0.15, -0.1) is 11.3 Å². The van der Waals surface area contributed by atoms with Crippen molar-refractivity contribution >= 4 is 44.1 Å². The minimum Gasteiger partial charge on any atom is -0.387 e. The summed E-state index contributed by atoms with van der Waals surface area (Å²) in [6, 6.07) is 5.76. The average molecular weight is 437 g/mol. The quantitative estimate of drug-likeness (QED) is 0.462. The number of pyridine rings is 2. The predicted molar refractivity (Wildman–Crippen MR) is 120 cm³/mol. The van der Waals surface area contributed by atoms with Crippen LogP contribution < -0.4 is 5.32 Å². The number of carbonyl (C=O) groups is 1. The molecule has 1 aliphatic rings. The molecule has 0 saturated heterocycles. The Kier molecular flexibility index (Phi) is 4.91. The van der Waals surface area contributed by atoms with E-state index in [4.69, 9.17) is 0 Å². The highest BCUT2D eigenvalue weighted by atomic mass is 32.1. The summed E-state index contributed by atoms with van der Waals surface area (Å²) in [7, 11) is 0. The molecule has 3 atom stereocenters. The number of aryl methyl sites for hydroxylation is 1. The average Bonchev–Trinajstić information content (AvgIpc) is 3.30. The monoisotopic (exact) mass is 436 g/mol. The molecule has 3 aromatic heterocycles. The van der Waals surface area contributed by atoms with Gasteiger partial charge in [0.05, 0.1) is 33.4 Å². The van der Waals surface area contributed by atoms with Gasteiger partial charge in [-0.25, -0.2) is 14.4 Å². The maximum Gasteiger partial charge on any atom is 0.231 e. The fraction of sp³-hybridized carbons (Fsp3) is 0.304. The topological polar surface area (TPSA) is 88.0 Å². The number of anilines is 1. The molecular weight excluding hydrogens is 415 g/mol. The first-order chi connectivity index (χ1) is 15.0. The summed E-state index contributed by atoms with van der Waals surface area (Å²) in [4.78, 5) is 25.5. The van der Waals surface area contributed by atoms with Gasteiger partial charge in [-0.2, -0.15) is 0 Å². The number of aromatic nitrogens is 3. The van der Waals surface area contributed by atoms with Gasteiger partial charge in [0.25, 0.3) is 0 Å². The van der Waals surface area contributed by atoms with E-state index in [0.29, 0.717) is 17.9 Å². The van der Waals surface area contributed by atoms with Crippen molar-refractivity contribution in [3.05, 3.63) is 47.4 Å². The Hall–Kier alpha value is -2.97. The van der Waals surface area contributed by atoms with Gasteiger partial charge in [0.15, 0.2) is 0 Å². The number of hydrogen-bond donors (Lipinski definition) is 2. The van der Waals surface area contributed by atoms with Crippen molar-refractivity contribution in [2.75, 3.05) is 5.32 Å². The zero-order chi connectivity index (χ0) is 21.7. The Morgan fingerprint density at radius 3 is 2.77 bits per heavy atom. The first-order valence-corrected chi connectivity index (χ1v) is 11.1. The molecule has 158 valence electrons. The van der Waals surface area contributed by atoms with Crippen LogP contribution in [0.15, 0.2) is 36.1 Å². The highest BCUT2D eigenvalue weighted by Crippen LogP contribution is 2.39. The minimum absolute atomic E-state index is 0.281. The first kappa shape index (κ1) is 20.0. The van der Waals surface area contributed by atoms with Crippen LogP contribution in [0, 0.1) is 12.8 Å². The summed E-state index contributed by atoms with van der Waals surface area (Å²) < 4.78 is 14.2. The van der Waals surface area contributed by atoms with E-state index in [-0.39, 0.29) is 12.3 Å².